The number of carbonyl (C=O) groups is 1. The number of nitrogens with zero attached hydrogens (tertiary/aromatic N) is 5. The number of hydrogen-bond acceptors (Lipinski definition) is 8. The Balaban J connectivity index is 1.64. The monoisotopic (exact) mass is 420 g/mol. The summed E-state index contributed by atoms with van der Waals surface area (Å²) in [4.78, 5) is 12.2. The van der Waals surface area contributed by atoms with Crippen LogP contribution in [-0.2, 0) is 11.3 Å². The Morgan fingerprint density at radius 1 is 1.19 bits per heavy atom. The molecule has 2 heterocycles. The van der Waals surface area contributed by atoms with Crippen LogP contribution in [0.2, 0.25) is 0 Å². The van der Waals surface area contributed by atoms with Crippen LogP contribution in [0.1, 0.15) is 19.4 Å². The molecule has 1 aromatic carbocycles. The van der Waals surface area contributed by atoms with E-state index >= 15 is 0 Å². The van der Waals surface area contributed by atoms with Gasteiger partial charge in [-0.25, -0.2) is 0 Å². The van der Waals surface area contributed by atoms with Gasteiger partial charge in [0.25, 0.3) is 0 Å². The van der Waals surface area contributed by atoms with E-state index in [0.717, 1.165) is 33.2 Å². The lowest BCUT2D eigenvalue weighted by atomic mass is 10.1. The fourth-order valence-electron chi connectivity index (χ4n) is 2.41. The van der Waals surface area contributed by atoms with Crippen LogP contribution < -0.4 is 5.32 Å². The van der Waals surface area contributed by atoms with E-state index in [1.54, 1.807) is 11.8 Å². The predicted octanol–water partition coefficient (Wildman–Crippen LogP) is 3.97. The number of hydrogen-bond donors (Lipinski definition) is 1. The van der Waals surface area contributed by atoms with Gasteiger partial charge in [-0.2, -0.15) is 0 Å². The lowest BCUT2D eigenvalue weighted by Crippen LogP contribution is -2.14. The molecular weight excluding hydrogens is 400 g/mol. The number of rotatable bonds is 8. The zero-order chi connectivity index (χ0) is 19.2. The van der Waals surface area contributed by atoms with Crippen LogP contribution in [-0.4, -0.2) is 42.4 Å². The van der Waals surface area contributed by atoms with Gasteiger partial charge in [0.2, 0.25) is 11.0 Å². The number of aromatic nitrogens is 5. The van der Waals surface area contributed by atoms with Crippen molar-refractivity contribution < 1.29 is 4.79 Å². The van der Waals surface area contributed by atoms with Crippen molar-refractivity contribution in [2.45, 2.75) is 36.8 Å². The van der Waals surface area contributed by atoms with Crippen LogP contribution in [0.5, 0.6) is 0 Å². The fourth-order valence-corrected chi connectivity index (χ4v) is 4.87. The summed E-state index contributed by atoms with van der Waals surface area (Å²) in [5, 5.41) is 20.6. The number of anilines is 1. The molecule has 7 nitrogen and oxygen atoms in total. The van der Waals surface area contributed by atoms with E-state index in [1.807, 2.05) is 36.6 Å². The number of benzene rings is 1. The van der Waals surface area contributed by atoms with Crippen molar-refractivity contribution >= 4 is 45.9 Å². The number of nitrogens with one attached hydrogen (secondary N) is 1. The predicted molar refractivity (Wildman–Crippen MR) is 112 cm³/mol. The van der Waals surface area contributed by atoms with Gasteiger partial charge in [-0.15, -0.1) is 20.4 Å². The lowest BCUT2D eigenvalue weighted by Gasteiger charge is -2.07. The van der Waals surface area contributed by atoms with Gasteiger partial charge in [-0.3, -0.25) is 10.1 Å². The molecule has 0 unspecified atom stereocenters. The molecule has 3 aromatic rings. The van der Waals surface area contributed by atoms with Crippen molar-refractivity contribution in [3.05, 3.63) is 29.8 Å². The topological polar surface area (TPSA) is 85.6 Å². The fraction of sp³-hybridized carbons (Fsp3) is 0.353. The maximum atomic E-state index is 12.2. The number of aryl methyl sites for hydroxylation is 1. The second-order valence-electron chi connectivity index (χ2n) is 5.56. The molecule has 0 fully saturated rings. The van der Waals surface area contributed by atoms with Gasteiger partial charge in [0.05, 0.1) is 5.75 Å². The van der Waals surface area contributed by atoms with Crippen molar-refractivity contribution in [3.8, 4) is 11.4 Å². The smallest absolute Gasteiger partial charge is 0.236 e. The summed E-state index contributed by atoms with van der Waals surface area (Å²) in [5.41, 5.74) is 2.19. The van der Waals surface area contributed by atoms with Crippen molar-refractivity contribution in [2.24, 2.45) is 0 Å². The Labute approximate surface area is 170 Å². The summed E-state index contributed by atoms with van der Waals surface area (Å²) < 4.78 is 2.88. The Kier molecular flexibility index (Phi) is 6.86. The number of carbonyl (C=O) groups excluding carboxylic acids is 1. The van der Waals surface area contributed by atoms with Crippen molar-refractivity contribution in [3.63, 3.8) is 0 Å². The summed E-state index contributed by atoms with van der Waals surface area (Å²) in [6.45, 7) is 6.87. The van der Waals surface area contributed by atoms with Crippen molar-refractivity contribution in [1.82, 2.24) is 25.0 Å². The molecule has 0 spiro atoms. The molecule has 27 heavy (non-hydrogen) atoms. The van der Waals surface area contributed by atoms with E-state index < -0.39 is 0 Å². The Morgan fingerprint density at radius 2 is 2.04 bits per heavy atom. The molecule has 2 aromatic heterocycles. The SMILES string of the molecule is CCSc1nnc(NC(=O)CSc2nnc(-c3cccc(C)c3)n2CC)s1. The van der Waals surface area contributed by atoms with E-state index in [2.05, 4.69) is 38.7 Å². The molecule has 1 amide bonds. The van der Waals surface area contributed by atoms with Crippen molar-refractivity contribution in [2.75, 3.05) is 16.8 Å². The normalized spacial score (nSPS) is 10.9. The molecule has 0 radical (unpaired) electrons. The van der Waals surface area contributed by atoms with Crippen LogP contribution in [0.15, 0.2) is 33.8 Å². The van der Waals surface area contributed by atoms with Crippen molar-refractivity contribution in [1.29, 1.82) is 0 Å². The summed E-state index contributed by atoms with van der Waals surface area (Å²) in [7, 11) is 0. The largest absolute Gasteiger partial charge is 0.302 e. The third-order valence-electron chi connectivity index (χ3n) is 3.56. The molecule has 0 saturated carbocycles. The van der Waals surface area contributed by atoms with Gasteiger partial charge >= 0.3 is 0 Å². The molecule has 10 heteroatoms. The van der Waals surface area contributed by atoms with E-state index in [4.69, 9.17) is 0 Å². The molecule has 0 aliphatic carbocycles. The zero-order valence-corrected chi connectivity index (χ0v) is 17.7. The van der Waals surface area contributed by atoms with Gasteiger partial charge in [-0.05, 0) is 25.7 Å². The molecule has 0 atom stereocenters. The van der Waals surface area contributed by atoms with E-state index in [-0.39, 0.29) is 11.7 Å². The highest BCUT2D eigenvalue weighted by Crippen LogP contribution is 2.26. The quantitative estimate of drug-likeness (QED) is 0.436. The molecule has 3 rings (SSSR count). The first kappa shape index (κ1) is 19.8. The van der Waals surface area contributed by atoms with Crippen LogP contribution in [0.25, 0.3) is 11.4 Å². The van der Waals surface area contributed by atoms with Gasteiger partial charge in [-0.1, -0.05) is 65.5 Å². The minimum Gasteiger partial charge on any atom is -0.302 e. The number of thioether (sulfide) groups is 2. The molecule has 0 saturated heterocycles. The van der Waals surface area contributed by atoms with Crippen LogP contribution >= 0.6 is 34.9 Å². The summed E-state index contributed by atoms with van der Waals surface area (Å²) >= 11 is 4.36. The van der Waals surface area contributed by atoms with E-state index in [9.17, 15) is 4.79 Å². The summed E-state index contributed by atoms with van der Waals surface area (Å²) in [5.74, 6) is 1.84. The Morgan fingerprint density at radius 3 is 2.78 bits per heavy atom. The lowest BCUT2D eigenvalue weighted by molar-refractivity contribution is -0.113. The molecule has 0 aliphatic heterocycles. The van der Waals surface area contributed by atoms with Crippen LogP contribution in [0.4, 0.5) is 5.13 Å². The van der Waals surface area contributed by atoms with Crippen LogP contribution in [0.3, 0.4) is 0 Å². The minimum absolute atomic E-state index is 0.132. The molecule has 142 valence electrons. The molecular formula is C17H20N6OS3. The Bertz CT molecular complexity index is 923. The van der Waals surface area contributed by atoms with Gasteiger partial charge < -0.3 is 4.57 Å². The second kappa shape index (κ2) is 9.34. The average molecular weight is 421 g/mol. The third kappa shape index (κ3) is 5.08. The van der Waals surface area contributed by atoms with Gasteiger partial charge in [0, 0.05) is 12.1 Å². The molecule has 0 aliphatic rings. The highest BCUT2D eigenvalue weighted by molar-refractivity contribution is 8.01. The van der Waals surface area contributed by atoms with E-state index in [1.165, 1.54) is 28.7 Å². The highest BCUT2D eigenvalue weighted by Gasteiger charge is 2.15. The molecule has 0 bridgehead atoms. The first-order chi connectivity index (χ1) is 13.1. The first-order valence-electron chi connectivity index (χ1n) is 8.49. The second-order valence-corrected chi connectivity index (χ2v) is 8.99. The Hall–Kier alpha value is -1.91. The molecule has 1 N–H and O–H groups in total. The zero-order valence-electron chi connectivity index (χ0n) is 15.3. The van der Waals surface area contributed by atoms with E-state index in [0.29, 0.717) is 5.13 Å². The maximum Gasteiger partial charge on any atom is 0.236 e. The maximum absolute atomic E-state index is 12.2. The minimum atomic E-state index is -0.132. The van der Waals surface area contributed by atoms with Gasteiger partial charge in [0.15, 0.2) is 15.3 Å². The average Bonchev–Trinajstić information content (AvgIpc) is 3.26. The summed E-state index contributed by atoms with van der Waals surface area (Å²) in [6, 6.07) is 8.16. The van der Waals surface area contributed by atoms with Crippen LogP contribution in [0, 0.1) is 6.92 Å². The highest BCUT2D eigenvalue weighted by atomic mass is 32.2. The number of amides is 1. The summed E-state index contributed by atoms with van der Waals surface area (Å²) in [6.07, 6.45) is 0. The first-order valence-corrected chi connectivity index (χ1v) is 11.3. The third-order valence-corrected chi connectivity index (χ3v) is 6.38. The standard InChI is InChI=1S/C17H20N6OS3/c1-4-23-14(12-8-6-7-11(3)9-12)19-21-16(23)26-10-13(24)18-15-20-22-17(27-15)25-5-2/h6-9H,4-5,10H2,1-3H3,(H,18,20,24). The van der Waals surface area contributed by atoms with Gasteiger partial charge in [0.1, 0.15) is 0 Å².